The molecule has 0 aliphatic carbocycles. The molecule has 0 spiro atoms. The number of aliphatic hydroxyl groups excluding tert-OH is 1. The molecule has 1 heterocycles. The Hall–Kier alpha value is -1.10. The molecule has 1 N–H and O–H groups in total. The molecule has 1 aromatic carbocycles. The van der Waals surface area contributed by atoms with Gasteiger partial charge in [0, 0.05) is 32.7 Å². The Labute approximate surface area is 122 Å². The highest BCUT2D eigenvalue weighted by Gasteiger charge is 2.17. The minimum absolute atomic E-state index is 0.177. The molecule has 1 aliphatic rings. The van der Waals surface area contributed by atoms with E-state index in [9.17, 15) is 5.11 Å². The van der Waals surface area contributed by atoms with E-state index in [1.807, 2.05) is 38.1 Å². The van der Waals surface area contributed by atoms with Crippen LogP contribution in [0, 0.1) is 0 Å². The molecule has 1 saturated heterocycles. The lowest BCUT2D eigenvalue weighted by molar-refractivity contribution is 0.0805. The summed E-state index contributed by atoms with van der Waals surface area (Å²) in [5, 5.41) is 10.3. The first kappa shape index (κ1) is 15.3. The molecule has 0 aromatic heterocycles. The van der Waals surface area contributed by atoms with Crippen molar-refractivity contribution in [3.05, 3.63) is 29.8 Å². The van der Waals surface area contributed by atoms with Crippen molar-refractivity contribution in [3.8, 4) is 5.75 Å². The van der Waals surface area contributed by atoms with Crippen LogP contribution in [0.5, 0.6) is 5.75 Å². The van der Waals surface area contributed by atoms with Crippen LogP contribution in [0.4, 0.5) is 0 Å². The van der Waals surface area contributed by atoms with Crippen molar-refractivity contribution in [1.29, 1.82) is 0 Å². The average molecular weight is 278 g/mol. The summed E-state index contributed by atoms with van der Waals surface area (Å²) in [5.41, 5.74) is 0.958. The Morgan fingerprint density at radius 1 is 1.10 bits per heavy atom. The van der Waals surface area contributed by atoms with E-state index < -0.39 is 6.10 Å². The molecule has 0 bridgehead atoms. The quantitative estimate of drug-likeness (QED) is 0.890. The van der Waals surface area contributed by atoms with Crippen LogP contribution in [-0.2, 0) is 0 Å². The summed E-state index contributed by atoms with van der Waals surface area (Å²) in [6, 6.07) is 7.78. The lowest BCUT2D eigenvalue weighted by atomic mass is 10.1. The third-order valence-corrected chi connectivity index (χ3v) is 3.66. The lowest BCUT2D eigenvalue weighted by Crippen LogP contribution is -2.45. The Bertz CT molecular complexity index is 397. The fourth-order valence-electron chi connectivity index (χ4n) is 2.42. The monoisotopic (exact) mass is 278 g/mol. The first-order valence-corrected chi connectivity index (χ1v) is 7.40. The fraction of sp³-hybridized carbons (Fsp3) is 0.625. The Balaban J connectivity index is 1.87. The fourth-order valence-corrected chi connectivity index (χ4v) is 2.42. The maximum Gasteiger partial charge on any atom is 0.119 e. The number of benzene rings is 1. The van der Waals surface area contributed by atoms with E-state index in [4.69, 9.17) is 4.74 Å². The molecule has 20 heavy (non-hydrogen) atoms. The van der Waals surface area contributed by atoms with Gasteiger partial charge in [-0.3, -0.25) is 4.90 Å². The smallest absolute Gasteiger partial charge is 0.119 e. The number of piperazine rings is 1. The summed E-state index contributed by atoms with van der Waals surface area (Å²) in [4.78, 5) is 4.64. The van der Waals surface area contributed by atoms with Crippen LogP contribution in [0.15, 0.2) is 24.3 Å². The van der Waals surface area contributed by atoms with Crippen molar-refractivity contribution in [3.63, 3.8) is 0 Å². The summed E-state index contributed by atoms with van der Waals surface area (Å²) in [6.45, 7) is 8.94. The zero-order valence-electron chi connectivity index (χ0n) is 12.7. The second-order valence-electron chi connectivity index (χ2n) is 5.86. The first-order valence-electron chi connectivity index (χ1n) is 7.40. The van der Waals surface area contributed by atoms with Gasteiger partial charge < -0.3 is 14.7 Å². The van der Waals surface area contributed by atoms with E-state index in [0.717, 1.165) is 37.5 Å². The molecule has 0 radical (unpaired) electrons. The van der Waals surface area contributed by atoms with Gasteiger partial charge in [-0.05, 0) is 38.6 Å². The van der Waals surface area contributed by atoms with Crippen molar-refractivity contribution in [1.82, 2.24) is 9.80 Å². The lowest BCUT2D eigenvalue weighted by Gasteiger charge is -2.33. The second kappa shape index (κ2) is 7.07. The highest BCUT2D eigenvalue weighted by Crippen LogP contribution is 2.20. The number of β-amino-alcohol motifs (C(OH)–C–C–N with tert-alkyl or cyclic N) is 1. The van der Waals surface area contributed by atoms with E-state index in [1.54, 1.807) is 0 Å². The van der Waals surface area contributed by atoms with Crippen LogP contribution in [0.25, 0.3) is 0 Å². The third kappa shape index (κ3) is 4.47. The summed E-state index contributed by atoms with van der Waals surface area (Å²) < 4.78 is 5.61. The van der Waals surface area contributed by atoms with Gasteiger partial charge in [0.05, 0.1) is 12.2 Å². The normalized spacial score (nSPS) is 19.2. The molecule has 1 aromatic rings. The topological polar surface area (TPSA) is 35.9 Å². The Morgan fingerprint density at radius 2 is 1.70 bits per heavy atom. The number of nitrogens with zero attached hydrogens (tertiary/aromatic N) is 2. The van der Waals surface area contributed by atoms with E-state index in [0.29, 0.717) is 6.54 Å². The molecule has 1 atom stereocenters. The van der Waals surface area contributed by atoms with Crippen molar-refractivity contribution in [2.45, 2.75) is 26.1 Å². The maximum atomic E-state index is 10.3. The van der Waals surface area contributed by atoms with Crippen LogP contribution >= 0.6 is 0 Å². The highest BCUT2D eigenvalue weighted by atomic mass is 16.5. The standard InChI is InChI=1S/C16H26N2O2/c1-13(2)20-15-6-4-14(5-7-15)16(19)12-18-10-8-17(3)9-11-18/h4-7,13,16,19H,8-12H2,1-3H3. The van der Waals surface area contributed by atoms with E-state index in [1.165, 1.54) is 0 Å². The summed E-state index contributed by atoms with van der Waals surface area (Å²) >= 11 is 0. The van der Waals surface area contributed by atoms with Crippen molar-refractivity contribution in [2.24, 2.45) is 0 Å². The molecular weight excluding hydrogens is 252 g/mol. The van der Waals surface area contributed by atoms with Gasteiger partial charge in [0.25, 0.3) is 0 Å². The number of hydrogen-bond donors (Lipinski definition) is 1. The van der Waals surface area contributed by atoms with Gasteiger partial charge >= 0.3 is 0 Å². The molecule has 0 amide bonds. The molecule has 0 saturated carbocycles. The molecule has 1 fully saturated rings. The molecule has 1 aliphatic heterocycles. The second-order valence-corrected chi connectivity index (χ2v) is 5.86. The van der Waals surface area contributed by atoms with Gasteiger partial charge in [0.2, 0.25) is 0 Å². The predicted molar refractivity (Wildman–Crippen MR) is 81.1 cm³/mol. The molecule has 1 unspecified atom stereocenters. The van der Waals surface area contributed by atoms with Crippen molar-refractivity contribution in [2.75, 3.05) is 39.8 Å². The van der Waals surface area contributed by atoms with Gasteiger partial charge in [0.1, 0.15) is 5.75 Å². The number of hydrogen-bond acceptors (Lipinski definition) is 4. The van der Waals surface area contributed by atoms with Gasteiger partial charge in [-0.1, -0.05) is 12.1 Å². The van der Waals surface area contributed by atoms with Crippen LogP contribution in [0.2, 0.25) is 0 Å². The summed E-state index contributed by atoms with van der Waals surface area (Å²) in [7, 11) is 2.14. The van der Waals surface area contributed by atoms with E-state index in [-0.39, 0.29) is 6.10 Å². The van der Waals surface area contributed by atoms with Crippen LogP contribution in [0.1, 0.15) is 25.5 Å². The predicted octanol–water partition coefficient (Wildman–Crippen LogP) is 1.75. The van der Waals surface area contributed by atoms with Crippen molar-refractivity contribution < 1.29 is 9.84 Å². The third-order valence-electron chi connectivity index (χ3n) is 3.66. The molecular formula is C16H26N2O2. The Morgan fingerprint density at radius 3 is 2.25 bits per heavy atom. The zero-order valence-corrected chi connectivity index (χ0v) is 12.7. The van der Waals surface area contributed by atoms with E-state index in [2.05, 4.69) is 16.8 Å². The van der Waals surface area contributed by atoms with Crippen LogP contribution in [0.3, 0.4) is 0 Å². The Kier molecular flexibility index (Phi) is 5.40. The molecule has 4 nitrogen and oxygen atoms in total. The average Bonchev–Trinajstić information content (AvgIpc) is 2.41. The zero-order chi connectivity index (χ0) is 14.5. The van der Waals surface area contributed by atoms with Gasteiger partial charge in [-0.25, -0.2) is 0 Å². The SMILES string of the molecule is CC(C)Oc1ccc(C(O)CN2CCN(C)CC2)cc1. The van der Waals surface area contributed by atoms with Gasteiger partial charge in [0.15, 0.2) is 0 Å². The number of likely N-dealkylation sites (N-methyl/N-ethyl adjacent to an activating group) is 1. The summed E-state index contributed by atoms with van der Waals surface area (Å²) in [6.07, 6.45) is -0.248. The number of rotatable bonds is 5. The largest absolute Gasteiger partial charge is 0.491 e. The molecule has 112 valence electrons. The van der Waals surface area contributed by atoms with Crippen LogP contribution in [-0.4, -0.2) is 60.8 Å². The van der Waals surface area contributed by atoms with E-state index >= 15 is 0 Å². The minimum Gasteiger partial charge on any atom is -0.491 e. The maximum absolute atomic E-state index is 10.3. The minimum atomic E-state index is -0.425. The number of aliphatic hydroxyl groups is 1. The summed E-state index contributed by atoms with van der Waals surface area (Å²) in [5.74, 6) is 0.857. The molecule has 2 rings (SSSR count). The van der Waals surface area contributed by atoms with Gasteiger partial charge in [-0.2, -0.15) is 0 Å². The highest BCUT2D eigenvalue weighted by molar-refractivity contribution is 5.28. The first-order chi connectivity index (χ1) is 9.54. The number of ether oxygens (including phenoxy) is 1. The van der Waals surface area contributed by atoms with Gasteiger partial charge in [-0.15, -0.1) is 0 Å². The van der Waals surface area contributed by atoms with Crippen molar-refractivity contribution >= 4 is 0 Å². The van der Waals surface area contributed by atoms with Crippen LogP contribution < -0.4 is 4.74 Å². The molecule has 4 heteroatoms.